The monoisotopic (exact) mass is 418 g/mol. The molecule has 1 aliphatic carbocycles. The van der Waals surface area contributed by atoms with E-state index in [1.54, 1.807) is 12.1 Å². The highest BCUT2D eigenvalue weighted by Crippen LogP contribution is 2.39. The van der Waals surface area contributed by atoms with E-state index < -0.39 is 23.4 Å². The maximum atomic E-state index is 15.1. The predicted molar refractivity (Wildman–Crippen MR) is 109 cm³/mol. The Morgan fingerprint density at radius 1 is 0.867 bits per heavy atom. The smallest absolute Gasteiger partial charge is 0.206 e. The first-order chi connectivity index (χ1) is 14.3. The first kappa shape index (κ1) is 20.8. The van der Waals surface area contributed by atoms with Crippen molar-refractivity contribution in [3.05, 3.63) is 71.3 Å². The molecule has 30 heavy (non-hydrogen) atoms. The first-order valence-corrected chi connectivity index (χ1v) is 10.4. The number of benzene rings is 3. The van der Waals surface area contributed by atoms with E-state index in [1.807, 2.05) is 12.1 Å². The number of alkyl halides is 3. The van der Waals surface area contributed by atoms with Crippen molar-refractivity contribution in [2.24, 2.45) is 5.92 Å². The number of fused-ring (bicyclic) bond motifs is 1. The van der Waals surface area contributed by atoms with E-state index in [9.17, 15) is 17.6 Å². The summed E-state index contributed by atoms with van der Waals surface area (Å²) in [5, 5.41) is 1.14. The second-order valence-electron chi connectivity index (χ2n) is 8.23. The molecular formula is C25H23F5. The van der Waals surface area contributed by atoms with Crippen LogP contribution in [0.1, 0.15) is 56.1 Å². The first-order valence-electron chi connectivity index (χ1n) is 10.4. The van der Waals surface area contributed by atoms with E-state index in [2.05, 4.69) is 6.92 Å². The molecule has 5 heteroatoms. The third-order valence-electron chi connectivity index (χ3n) is 6.46. The molecule has 0 aliphatic heterocycles. The van der Waals surface area contributed by atoms with Gasteiger partial charge in [-0.05, 0) is 66.2 Å². The van der Waals surface area contributed by atoms with Gasteiger partial charge in [0, 0.05) is 10.9 Å². The Labute approximate surface area is 172 Å². The maximum Gasteiger partial charge on any atom is 0.419 e. The van der Waals surface area contributed by atoms with E-state index in [-0.39, 0.29) is 11.1 Å². The minimum absolute atomic E-state index is 0.0851. The molecule has 1 aliphatic rings. The zero-order valence-corrected chi connectivity index (χ0v) is 16.7. The SMILES string of the molecule is CCC1CCC(c2ccc3c(F)c(-c4ccc(C(F)(F)F)c(F)c4)ccc3c2)CC1. The Hall–Kier alpha value is -2.43. The highest BCUT2D eigenvalue weighted by molar-refractivity contribution is 5.89. The molecule has 0 saturated heterocycles. The highest BCUT2D eigenvalue weighted by atomic mass is 19.4. The van der Waals surface area contributed by atoms with Gasteiger partial charge in [0.2, 0.25) is 0 Å². The van der Waals surface area contributed by atoms with Gasteiger partial charge in [-0.1, -0.05) is 49.7 Å². The van der Waals surface area contributed by atoms with Gasteiger partial charge in [0.05, 0.1) is 5.56 Å². The molecule has 0 bridgehead atoms. The van der Waals surface area contributed by atoms with Gasteiger partial charge in [-0.3, -0.25) is 0 Å². The van der Waals surface area contributed by atoms with Crippen LogP contribution in [-0.2, 0) is 6.18 Å². The molecule has 1 saturated carbocycles. The minimum Gasteiger partial charge on any atom is -0.206 e. The van der Waals surface area contributed by atoms with Crippen LogP contribution in [-0.4, -0.2) is 0 Å². The average molecular weight is 418 g/mol. The molecule has 3 aromatic rings. The van der Waals surface area contributed by atoms with Crippen molar-refractivity contribution < 1.29 is 22.0 Å². The van der Waals surface area contributed by atoms with Crippen molar-refractivity contribution in [1.82, 2.24) is 0 Å². The third kappa shape index (κ3) is 3.94. The molecule has 0 unspecified atom stereocenters. The Bertz CT molecular complexity index is 1060. The van der Waals surface area contributed by atoms with Crippen molar-refractivity contribution in [3.8, 4) is 11.1 Å². The van der Waals surface area contributed by atoms with E-state index in [0.717, 1.165) is 36.3 Å². The fourth-order valence-corrected chi connectivity index (χ4v) is 4.60. The van der Waals surface area contributed by atoms with Crippen LogP contribution in [0.3, 0.4) is 0 Å². The average Bonchev–Trinajstić information content (AvgIpc) is 2.73. The molecule has 0 amide bonds. The van der Waals surface area contributed by atoms with Crippen LogP contribution < -0.4 is 0 Å². The Morgan fingerprint density at radius 3 is 2.23 bits per heavy atom. The Kier molecular flexibility index (Phi) is 5.56. The number of rotatable bonds is 3. The minimum atomic E-state index is -4.78. The molecule has 0 nitrogen and oxygen atoms in total. The normalized spacial score (nSPS) is 19.9. The fraction of sp³-hybridized carbons (Fsp3) is 0.360. The van der Waals surface area contributed by atoms with Crippen LogP contribution in [0.5, 0.6) is 0 Å². The summed E-state index contributed by atoms with van der Waals surface area (Å²) in [6.07, 6.45) is 1.13. The van der Waals surface area contributed by atoms with Gasteiger partial charge in [-0.25, -0.2) is 8.78 Å². The van der Waals surface area contributed by atoms with Crippen LogP contribution in [0.4, 0.5) is 22.0 Å². The van der Waals surface area contributed by atoms with Gasteiger partial charge < -0.3 is 0 Å². The maximum absolute atomic E-state index is 15.1. The molecule has 0 heterocycles. The number of hydrogen-bond donors (Lipinski definition) is 0. The summed E-state index contributed by atoms with van der Waals surface area (Å²) >= 11 is 0. The zero-order chi connectivity index (χ0) is 21.5. The molecular weight excluding hydrogens is 395 g/mol. The number of halogens is 5. The molecule has 0 spiro atoms. The predicted octanol–water partition coefficient (Wildman–Crippen LogP) is 8.49. The summed E-state index contributed by atoms with van der Waals surface area (Å²) in [4.78, 5) is 0. The molecule has 1 fully saturated rings. The van der Waals surface area contributed by atoms with Gasteiger partial charge in [0.25, 0.3) is 0 Å². The van der Waals surface area contributed by atoms with Crippen molar-refractivity contribution in [2.45, 2.75) is 51.1 Å². The molecule has 0 N–H and O–H groups in total. The molecule has 158 valence electrons. The van der Waals surface area contributed by atoms with Crippen LogP contribution in [0.15, 0.2) is 48.5 Å². The van der Waals surface area contributed by atoms with E-state index in [4.69, 9.17) is 0 Å². The third-order valence-corrected chi connectivity index (χ3v) is 6.46. The van der Waals surface area contributed by atoms with Crippen molar-refractivity contribution >= 4 is 10.8 Å². The Morgan fingerprint density at radius 2 is 1.60 bits per heavy atom. The summed E-state index contributed by atoms with van der Waals surface area (Å²) in [6.45, 7) is 2.23. The van der Waals surface area contributed by atoms with E-state index >= 15 is 4.39 Å². The summed E-state index contributed by atoms with van der Waals surface area (Å²) < 4.78 is 67.5. The second-order valence-corrected chi connectivity index (χ2v) is 8.23. The molecule has 4 rings (SSSR count). The largest absolute Gasteiger partial charge is 0.419 e. The lowest BCUT2D eigenvalue weighted by Crippen LogP contribution is -2.12. The zero-order valence-electron chi connectivity index (χ0n) is 16.7. The van der Waals surface area contributed by atoms with Crippen molar-refractivity contribution in [2.75, 3.05) is 0 Å². The van der Waals surface area contributed by atoms with Gasteiger partial charge in [-0.2, -0.15) is 13.2 Å². The fourth-order valence-electron chi connectivity index (χ4n) is 4.60. The summed E-state index contributed by atoms with van der Waals surface area (Å²) in [6, 6.07) is 11.5. The van der Waals surface area contributed by atoms with Crippen LogP contribution >= 0.6 is 0 Å². The summed E-state index contributed by atoms with van der Waals surface area (Å²) in [5.41, 5.74) is 0.0212. The summed E-state index contributed by atoms with van der Waals surface area (Å²) in [5.74, 6) is -0.680. The molecule has 0 aromatic heterocycles. The molecule has 0 atom stereocenters. The Balaban J connectivity index is 1.66. The van der Waals surface area contributed by atoms with Gasteiger partial charge in [0.1, 0.15) is 11.6 Å². The van der Waals surface area contributed by atoms with Gasteiger partial charge in [-0.15, -0.1) is 0 Å². The lowest BCUT2D eigenvalue weighted by atomic mass is 9.77. The summed E-state index contributed by atoms with van der Waals surface area (Å²) in [7, 11) is 0. The molecule has 3 aromatic carbocycles. The van der Waals surface area contributed by atoms with Crippen molar-refractivity contribution in [3.63, 3.8) is 0 Å². The molecule has 0 radical (unpaired) electrons. The van der Waals surface area contributed by atoms with E-state index in [0.29, 0.717) is 17.4 Å². The van der Waals surface area contributed by atoms with E-state index in [1.165, 1.54) is 30.9 Å². The van der Waals surface area contributed by atoms with Crippen molar-refractivity contribution in [1.29, 1.82) is 0 Å². The van der Waals surface area contributed by atoms with Gasteiger partial charge in [0.15, 0.2) is 0 Å². The lowest BCUT2D eigenvalue weighted by Gasteiger charge is -2.28. The second kappa shape index (κ2) is 8.01. The topological polar surface area (TPSA) is 0 Å². The quantitative estimate of drug-likeness (QED) is 0.374. The lowest BCUT2D eigenvalue weighted by molar-refractivity contribution is -0.139. The van der Waals surface area contributed by atoms with Crippen LogP contribution in [0, 0.1) is 17.6 Å². The van der Waals surface area contributed by atoms with Crippen LogP contribution in [0.25, 0.3) is 21.9 Å². The number of hydrogen-bond acceptors (Lipinski definition) is 0. The van der Waals surface area contributed by atoms with Gasteiger partial charge >= 0.3 is 6.18 Å². The van der Waals surface area contributed by atoms with Crippen LogP contribution in [0.2, 0.25) is 0 Å². The standard InChI is InChI=1S/C25H23F5/c1-2-15-3-5-16(6-4-15)17-7-10-20-18(13-17)8-11-21(24(20)27)19-9-12-22(23(26)14-19)25(28,29)30/h7-16H,2-6H2,1H3. The highest BCUT2D eigenvalue weighted by Gasteiger charge is 2.34.